The average Bonchev–Trinajstić information content (AvgIpc) is 2.43. The molecule has 0 aliphatic heterocycles. The van der Waals surface area contributed by atoms with E-state index in [9.17, 15) is 4.39 Å². The van der Waals surface area contributed by atoms with E-state index in [-0.39, 0.29) is 5.02 Å². The van der Waals surface area contributed by atoms with E-state index in [2.05, 4.69) is 19.1 Å². The van der Waals surface area contributed by atoms with Crippen molar-refractivity contribution >= 4 is 11.6 Å². The van der Waals surface area contributed by atoms with Gasteiger partial charge in [-0.3, -0.25) is 0 Å². The summed E-state index contributed by atoms with van der Waals surface area (Å²) in [4.78, 5) is 0. The molecule has 1 atom stereocenters. The van der Waals surface area contributed by atoms with Crippen LogP contribution < -0.4 is 5.73 Å². The molecule has 106 valence electrons. The zero-order chi connectivity index (χ0) is 14.8. The summed E-state index contributed by atoms with van der Waals surface area (Å²) in [6, 6.07) is 13.1. The van der Waals surface area contributed by atoms with Crippen LogP contribution in [-0.2, 0) is 18.4 Å². The van der Waals surface area contributed by atoms with Gasteiger partial charge in [0.2, 0.25) is 0 Å². The first-order valence-electron chi connectivity index (χ1n) is 6.74. The Kier molecular flexibility index (Phi) is 4.46. The number of benzene rings is 2. The van der Waals surface area contributed by atoms with E-state index in [4.69, 9.17) is 17.3 Å². The summed E-state index contributed by atoms with van der Waals surface area (Å²) < 4.78 is 13.5. The highest BCUT2D eigenvalue weighted by atomic mass is 35.5. The molecule has 0 saturated carbocycles. The lowest BCUT2D eigenvalue weighted by atomic mass is 9.86. The molecule has 0 radical (unpaired) electrons. The van der Waals surface area contributed by atoms with Crippen LogP contribution in [0.1, 0.15) is 30.5 Å². The molecule has 0 bridgehead atoms. The summed E-state index contributed by atoms with van der Waals surface area (Å²) in [7, 11) is 0. The Bertz CT molecular complexity index is 590. The first-order chi connectivity index (χ1) is 9.42. The van der Waals surface area contributed by atoms with Gasteiger partial charge in [-0.05, 0) is 48.6 Å². The van der Waals surface area contributed by atoms with Crippen LogP contribution in [0, 0.1) is 5.82 Å². The monoisotopic (exact) mass is 291 g/mol. The second-order valence-electron chi connectivity index (χ2n) is 5.39. The van der Waals surface area contributed by atoms with Gasteiger partial charge in [0, 0.05) is 5.54 Å². The van der Waals surface area contributed by atoms with Crippen molar-refractivity contribution in [1.29, 1.82) is 0 Å². The van der Waals surface area contributed by atoms with Crippen molar-refractivity contribution in [2.45, 2.75) is 32.2 Å². The van der Waals surface area contributed by atoms with Crippen molar-refractivity contribution < 1.29 is 4.39 Å². The smallest absolute Gasteiger partial charge is 0.142 e. The van der Waals surface area contributed by atoms with E-state index < -0.39 is 11.4 Å². The van der Waals surface area contributed by atoms with E-state index >= 15 is 0 Å². The minimum atomic E-state index is -0.535. The standard InChI is InChI=1S/C17H19ClFN/c1-3-12-4-7-14(8-5-12)17(2,20)11-13-6-9-15(18)16(19)10-13/h4-10H,3,11,20H2,1-2H3. The molecule has 2 rings (SSSR count). The molecule has 0 aliphatic rings. The molecule has 20 heavy (non-hydrogen) atoms. The fourth-order valence-electron chi connectivity index (χ4n) is 2.30. The van der Waals surface area contributed by atoms with Crippen LogP contribution in [0.15, 0.2) is 42.5 Å². The van der Waals surface area contributed by atoms with Crippen molar-refractivity contribution in [3.63, 3.8) is 0 Å². The quantitative estimate of drug-likeness (QED) is 0.884. The first kappa shape index (κ1) is 15.0. The van der Waals surface area contributed by atoms with E-state index in [1.807, 2.05) is 25.1 Å². The van der Waals surface area contributed by atoms with Gasteiger partial charge in [0.15, 0.2) is 0 Å². The van der Waals surface area contributed by atoms with E-state index in [1.165, 1.54) is 11.6 Å². The van der Waals surface area contributed by atoms with E-state index in [0.29, 0.717) is 6.42 Å². The Balaban J connectivity index is 2.22. The third-order valence-electron chi connectivity index (χ3n) is 3.58. The van der Waals surface area contributed by atoms with Gasteiger partial charge in [0.05, 0.1) is 5.02 Å². The Hall–Kier alpha value is -1.38. The minimum absolute atomic E-state index is 0.139. The van der Waals surface area contributed by atoms with E-state index in [0.717, 1.165) is 17.5 Å². The van der Waals surface area contributed by atoms with Gasteiger partial charge in [0.1, 0.15) is 5.82 Å². The highest BCUT2D eigenvalue weighted by molar-refractivity contribution is 6.30. The Morgan fingerprint density at radius 2 is 1.70 bits per heavy atom. The summed E-state index contributed by atoms with van der Waals surface area (Å²) in [5.41, 5.74) is 9.03. The Morgan fingerprint density at radius 3 is 2.25 bits per heavy atom. The number of rotatable bonds is 4. The molecule has 1 nitrogen and oxygen atoms in total. The highest BCUT2D eigenvalue weighted by Gasteiger charge is 2.22. The molecule has 0 aliphatic carbocycles. The lowest BCUT2D eigenvalue weighted by Crippen LogP contribution is -2.35. The molecule has 0 heterocycles. The van der Waals surface area contributed by atoms with Crippen LogP contribution in [0.2, 0.25) is 5.02 Å². The molecule has 1 unspecified atom stereocenters. The number of aryl methyl sites for hydroxylation is 1. The summed E-state index contributed by atoms with van der Waals surface area (Å²) in [5, 5.41) is 0.139. The highest BCUT2D eigenvalue weighted by Crippen LogP contribution is 2.25. The van der Waals surface area contributed by atoms with Gasteiger partial charge in [-0.1, -0.05) is 48.9 Å². The predicted molar refractivity (Wildman–Crippen MR) is 82.5 cm³/mol. The SMILES string of the molecule is CCc1ccc(C(C)(N)Cc2ccc(Cl)c(F)c2)cc1. The number of nitrogens with two attached hydrogens (primary N) is 1. The maximum Gasteiger partial charge on any atom is 0.142 e. The molecule has 2 aromatic rings. The van der Waals surface area contributed by atoms with Crippen LogP contribution in [0.3, 0.4) is 0 Å². The van der Waals surface area contributed by atoms with Crippen LogP contribution >= 0.6 is 11.6 Å². The van der Waals surface area contributed by atoms with Crippen molar-refractivity contribution in [2.24, 2.45) is 5.73 Å². The Labute approximate surface area is 124 Å². The fourth-order valence-corrected chi connectivity index (χ4v) is 2.41. The van der Waals surface area contributed by atoms with Gasteiger partial charge in [-0.15, -0.1) is 0 Å². The molecular formula is C17H19ClFN. The van der Waals surface area contributed by atoms with Crippen molar-refractivity contribution in [1.82, 2.24) is 0 Å². The summed E-state index contributed by atoms with van der Waals surface area (Å²) in [6.45, 7) is 4.08. The minimum Gasteiger partial charge on any atom is -0.321 e. The molecular weight excluding hydrogens is 273 g/mol. The van der Waals surface area contributed by atoms with Crippen molar-refractivity contribution in [3.8, 4) is 0 Å². The summed E-state index contributed by atoms with van der Waals surface area (Å²) in [6.07, 6.45) is 1.57. The third kappa shape index (κ3) is 3.38. The molecule has 0 fully saturated rings. The number of halogens is 2. The molecule has 2 aromatic carbocycles. The summed E-state index contributed by atoms with van der Waals surface area (Å²) >= 11 is 5.70. The summed E-state index contributed by atoms with van der Waals surface area (Å²) in [5.74, 6) is -0.402. The zero-order valence-corrected chi connectivity index (χ0v) is 12.5. The molecule has 0 aromatic heterocycles. The van der Waals surface area contributed by atoms with Crippen LogP contribution in [0.5, 0.6) is 0 Å². The largest absolute Gasteiger partial charge is 0.321 e. The lowest BCUT2D eigenvalue weighted by Gasteiger charge is -2.26. The third-order valence-corrected chi connectivity index (χ3v) is 3.88. The lowest BCUT2D eigenvalue weighted by molar-refractivity contribution is 0.489. The average molecular weight is 292 g/mol. The topological polar surface area (TPSA) is 26.0 Å². The number of hydrogen-bond donors (Lipinski definition) is 1. The van der Waals surface area contributed by atoms with Crippen LogP contribution in [0.25, 0.3) is 0 Å². The maximum absolute atomic E-state index is 13.5. The second-order valence-corrected chi connectivity index (χ2v) is 5.80. The van der Waals surface area contributed by atoms with Crippen molar-refractivity contribution in [2.75, 3.05) is 0 Å². The predicted octanol–water partition coefficient (Wildman–Crippen LogP) is 4.46. The van der Waals surface area contributed by atoms with Gasteiger partial charge in [-0.2, -0.15) is 0 Å². The van der Waals surface area contributed by atoms with Crippen LogP contribution in [0.4, 0.5) is 4.39 Å². The fraction of sp³-hybridized carbons (Fsp3) is 0.294. The first-order valence-corrected chi connectivity index (χ1v) is 7.12. The van der Waals surface area contributed by atoms with Gasteiger partial charge in [0.25, 0.3) is 0 Å². The van der Waals surface area contributed by atoms with Gasteiger partial charge >= 0.3 is 0 Å². The maximum atomic E-state index is 13.5. The van der Waals surface area contributed by atoms with E-state index in [1.54, 1.807) is 6.07 Å². The zero-order valence-electron chi connectivity index (χ0n) is 11.8. The molecule has 0 spiro atoms. The van der Waals surface area contributed by atoms with Crippen LogP contribution in [-0.4, -0.2) is 0 Å². The molecule has 2 N–H and O–H groups in total. The normalized spacial score (nSPS) is 14.1. The van der Waals surface area contributed by atoms with Crippen molar-refractivity contribution in [3.05, 3.63) is 70.0 Å². The Morgan fingerprint density at radius 1 is 1.10 bits per heavy atom. The molecule has 0 amide bonds. The van der Waals surface area contributed by atoms with Gasteiger partial charge < -0.3 is 5.73 Å². The number of hydrogen-bond acceptors (Lipinski definition) is 1. The molecule has 3 heteroatoms. The second kappa shape index (κ2) is 5.94. The van der Waals surface area contributed by atoms with Gasteiger partial charge in [-0.25, -0.2) is 4.39 Å². The molecule has 0 saturated heterocycles.